The van der Waals surface area contributed by atoms with Crippen LogP contribution in [0.15, 0.2) is 66.0 Å². The third-order valence-corrected chi connectivity index (χ3v) is 9.85. The molecule has 2 aliphatic rings. The number of aromatic carboxylic acids is 1. The van der Waals surface area contributed by atoms with Gasteiger partial charge in [0.2, 0.25) is 10.0 Å². The molecule has 0 spiro atoms. The Hall–Kier alpha value is -3.97. The normalized spacial score (nSPS) is 22.0. The Morgan fingerprint density at radius 3 is 2.57 bits per heavy atom. The van der Waals surface area contributed by atoms with Crippen molar-refractivity contribution in [2.24, 2.45) is 13.0 Å². The number of nitrogens with zero attached hydrogens (tertiary/aromatic N) is 5. The molecule has 0 bridgehead atoms. The molecular weight excluding hydrogens is 571 g/mol. The number of sulfonamides is 1. The zero-order chi connectivity index (χ0) is 30.0. The van der Waals surface area contributed by atoms with Gasteiger partial charge in [0.1, 0.15) is 5.56 Å². The first-order valence-electron chi connectivity index (χ1n) is 13.4. The first-order chi connectivity index (χ1) is 19.8. The molecule has 3 heterocycles. The summed E-state index contributed by atoms with van der Waals surface area (Å²) in [5, 5.41) is 18.5. The third-order valence-electron chi connectivity index (χ3n) is 7.93. The Morgan fingerprint density at radius 2 is 1.88 bits per heavy atom. The Balaban J connectivity index is 1.32. The molecule has 3 atom stereocenters. The molecule has 1 unspecified atom stereocenters. The van der Waals surface area contributed by atoms with Crippen molar-refractivity contribution in [3.8, 4) is 5.69 Å². The lowest BCUT2D eigenvalue weighted by Gasteiger charge is -2.23. The summed E-state index contributed by atoms with van der Waals surface area (Å²) in [5.74, 6) is -1.27. The first-order valence-corrected chi connectivity index (χ1v) is 14.9. The second-order valence-electron chi connectivity index (χ2n) is 11.2. The van der Waals surface area contributed by atoms with E-state index in [1.54, 1.807) is 39.8 Å². The molecule has 1 fully saturated rings. The third kappa shape index (κ3) is 5.11. The molecule has 0 amide bonds. The number of carboxylic acids is 1. The fraction of sp³-hybridized carbons (Fsp3) is 0.345. The molecule has 4 aromatic rings. The van der Waals surface area contributed by atoms with Gasteiger partial charge in [-0.15, -0.1) is 0 Å². The van der Waals surface area contributed by atoms with Crippen LogP contribution in [0.1, 0.15) is 63.5 Å². The summed E-state index contributed by atoms with van der Waals surface area (Å²) in [5.41, 5.74) is 2.20. The minimum atomic E-state index is -4.57. The number of aryl methyl sites for hydroxylation is 1. The van der Waals surface area contributed by atoms with Crippen molar-refractivity contribution in [2.75, 3.05) is 6.54 Å². The number of halogens is 3. The van der Waals surface area contributed by atoms with Crippen LogP contribution in [0, 0.1) is 5.92 Å². The van der Waals surface area contributed by atoms with Crippen LogP contribution in [0.5, 0.6) is 0 Å². The van der Waals surface area contributed by atoms with Crippen LogP contribution >= 0.6 is 0 Å². The summed E-state index contributed by atoms with van der Waals surface area (Å²) in [4.78, 5) is 12.0. The van der Waals surface area contributed by atoms with Gasteiger partial charge >= 0.3 is 12.1 Å². The highest BCUT2D eigenvalue weighted by molar-refractivity contribution is 7.89. The highest BCUT2D eigenvalue weighted by Crippen LogP contribution is 2.55. The molecule has 2 aromatic heterocycles. The van der Waals surface area contributed by atoms with Crippen LogP contribution in [0.3, 0.4) is 0 Å². The standard InChI is InChI=1S/C29H28F3N5O4S/c1-17-8-19-10-21(29(30,31)32)6-7-26(19)42(40,41)36(14-17)15-18-4-3-5-22(9-18)37-27(25(13-34-37)28(38)39)24-11-23(24)20-12-33-35(2)16-20/h3-7,9-10,12-13,16-17,23-24H,8,11,14-15H2,1-2H3,(H,38,39)/t17-,23?,24+/m0/s1. The van der Waals surface area contributed by atoms with Crippen molar-refractivity contribution < 1.29 is 31.5 Å². The van der Waals surface area contributed by atoms with E-state index < -0.39 is 27.7 Å². The minimum Gasteiger partial charge on any atom is -0.478 e. The lowest BCUT2D eigenvalue weighted by atomic mass is 9.99. The number of alkyl halides is 3. The topological polar surface area (TPSA) is 110 Å². The van der Waals surface area contributed by atoms with Gasteiger partial charge in [-0.2, -0.15) is 27.7 Å². The molecule has 42 heavy (non-hydrogen) atoms. The van der Waals surface area contributed by atoms with E-state index in [-0.39, 0.29) is 53.3 Å². The van der Waals surface area contributed by atoms with Crippen molar-refractivity contribution >= 4 is 16.0 Å². The van der Waals surface area contributed by atoms with Gasteiger partial charge in [0, 0.05) is 32.3 Å². The van der Waals surface area contributed by atoms with E-state index >= 15 is 0 Å². The lowest BCUT2D eigenvalue weighted by Crippen LogP contribution is -2.32. The summed E-state index contributed by atoms with van der Waals surface area (Å²) in [6.45, 7) is 1.94. The van der Waals surface area contributed by atoms with Gasteiger partial charge < -0.3 is 5.11 Å². The molecule has 2 aromatic carbocycles. The molecule has 220 valence electrons. The van der Waals surface area contributed by atoms with Gasteiger partial charge in [-0.25, -0.2) is 17.9 Å². The van der Waals surface area contributed by atoms with Gasteiger partial charge in [-0.3, -0.25) is 4.68 Å². The van der Waals surface area contributed by atoms with E-state index in [0.29, 0.717) is 16.9 Å². The van der Waals surface area contributed by atoms with Gasteiger partial charge in [0.15, 0.2) is 0 Å². The summed E-state index contributed by atoms with van der Waals surface area (Å²) in [7, 11) is -2.26. The van der Waals surface area contributed by atoms with Crippen LogP contribution in [0.25, 0.3) is 5.69 Å². The maximum Gasteiger partial charge on any atom is 0.416 e. The average molecular weight is 600 g/mol. The predicted molar refractivity (Wildman–Crippen MR) is 146 cm³/mol. The van der Waals surface area contributed by atoms with Crippen LogP contribution in [0.4, 0.5) is 13.2 Å². The molecule has 0 radical (unpaired) electrons. The molecule has 6 rings (SSSR count). The van der Waals surface area contributed by atoms with Crippen LogP contribution in [0.2, 0.25) is 0 Å². The predicted octanol–water partition coefficient (Wildman–Crippen LogP) is 4.98. The van der Waals surface area contributed by atoms with Gasteiger partial charge in [-0.05, 0) is 71.7 Å². The maximum absolute atomic E-state index is 13.6. The van der Waals surface area contributed by atoms with E-state index in [1.807, 2.05) is 20.2 Å². The second-order valence-corrected chi connectivity index (χ2v) is 13.1. The minimum absolute atomic E-state index is 0.00883. The number of fused-ring (bicyclic) bond motifs is 1. The zero-order valence-electron chi connectivity index (χ0n) is 22.8. The Morgan fingerprint density at radius 1 is 1.10 bits per heavy atom. The Kier molecular flexibility index (Phi) is 6.76. The number of aromatic nitrogens is 4. The molecule has 13 heteroatoms. The van der Waals surface area contributed by atoms with Crippen LogP contribution in [-0.4, -0.2) is 49.9 Å². The van der Waals surface area contributed by atoms with Gasteiger partial charge in [0.25, 0.3) is 0 Å². The number of hydrogen-bond donors (Lipinski definition) is 1. The fourth-order valence-electron chi connectivity index (χ4n) is 5.91. The van der Waals surface area contributed by atoms with Crippen molar-refractivity contribution in [1.29, 1.82) is 0 Å². The van der Waals surface area contributed by atoms with Crippen LogP contribution < -0.4 is 0 Å². The Bertz CT molecular complexity index is 1800. The quantitative estimate of drug-likeness (QED) is 0.335. The second kappa shape index (κ2) is 10.1. The largest absolute Gasteiger partial charge is 0.478 e. The highest BCUT2D eigenvalue weighted by atomic mass is 32.2. The Labute approximate surface area is 240 Å². The summed E-state index contributed by atoms with van der Waals surface area (Å²) in [6.07, 6.45) is 1.39. The van der Waals surface area contributed by atoms with E-state index in [1.165, 1.54) is 10.5 Å². The number of carbonyl (C=O) groups is 1. The van der Waals surface area contributed by atoms with Crippen molar-refractivity contribution in [2.45, 2.75) is 49.2 Å². The fourth-order valence-corrected chi connectivity index (χ4v) is 7.68. The number of carboxylic acid groups (broad SMARTS) is 1. The molecular formula is C29H28F3N5O4S. The van der Waals surface area contributed by atoms with E-state index in [4.69, 9.17) is 0 Å². The highest BCUT2D eigenvalue weighted by Gasteiger charge is 2.45. The van der Waals surface area contributed by atoms with Crippen molar-refractivity contribution in [3.05, 3.63) is 94.6 Å². The zero-order valence-corrected chi connectivity index (χ0v) is 23.6. The smallest absolute Gasteiger partial charge is 0.416 e. The molecule has 1 aliphatic heterocycles. The van der Waals surface area contributed by atoms with Crippen molar-refractivity contribution in [1.82, 2.24) is 23.9 Å². The molecule has 1 saturated carbocycles. The van der Waals surface area contributed by atoms with E-state index in [2.05, 4.69) is 10.2 Å². The van der Waals surface area contributed by atoms with Crippen LogP contribution in [-0.2, 0) is 36.2 Å². The SMILES string of the molecule is C[C@H]1Cc2cc(C(F)(F)F)ccc2S(=O)(=O)N(Cc2cccc(-n3ncc(C(=O)O)c3[C@@H]3CC3c3cnn(C)c3)c2)C1. The van der Waals surface area contributed by atoms with Gasteiger partial charge in [-0.1, -0.05) is 19.1 Å². The molecule has 9 nitrogen and oxygen atoms in total. The average Bonchev–Trinajstić information content (AvgIpc) is 3.39. The maximum atomic E-state index is 13.6. The van der Waals surface area contributed by atoms with E-state index in [9.17, 15) is 31.5 Å². The number of rotatable bonds is 6. The van der Waals surface area contributed by atoms with Crippen molar-refractivity contribution in [3.63, 3.8) is 0 Å². The number of benzene rings is 2. The van der Waals surface area contributed by atoms with Gasteiger partial charge in [0.05, 0.1) is 34.2 Å². The molecule has 0 saturated heterocycles. The molecule has 1 N–H and O–H groups in total. The van der Waals surface area contributed by atoms with E-state index in [0.717, 1.165) is 30.2 Å². The summed E-state index contributed by atoms with van der Waals surface area (Å²) < 4.78 is 71.9. The molecule has 1 aliphatic carbocycles. The monoisotopic (exact) mass is 599 g/mol. The number of hydrogen-bond acceptors (Lipinski definition) is 5. The summed E-state index contributed by atoms with van der Waals surface area (Å²) >= 11 is 0. The summed E-state index contributed by atoms with van der Waals surface area (Å²) in [6, 6.07) is 9.85. The lowest BCUT2D eigenvalue weighted by molar-refractivity contribution is -0.137. The first kappa shape index (κ1) is 28.2.